The second kappa shape index (κ2) is 8.22. The Labute approximate surface area is 160 Å². The van der Waals surface area contributed by atoms with E-state index in [0.29, 0.717) is 22.6 Å². The first-order chi connectivity index (χ1) is 13.0. The molecule has 3 rings (SSSR count). The number of hydrogen-bond donors (Lipinski definition) is 2. The molecule has 0 aliphatic rings. The molecule has 0 fully saturated rings. The number of nitrogens with zero attached hydrogens (tertiary/aromatic N) is 2. The number of carbonyl (C=O) groups excluding carboxylic acids is 2. The van der Waals surface area contributed by atoms with Gasteiger partial charge in [0.2, 0.25) is 11.8 Å². The molecule has 2 N–H and O–H groups in total. The van der Waals surface area contributed by atoms with Crippen molar-refractivity contribution in [3.63, 3.8) is 0 Å². The number of benzene rings is 2. The zero-order valence-corrected chi connectivity index (χ0v) is 15.9. The summed E-state index contributed by atoms with van der Waals surface area (Å²) in [4.78, 5) is 40.6. The van der Waals surface area contributed by atoms with E-state index in [0.717, 1.165) is 10.8 Å². The van der Waals surface area contributed by atoms with Crippen molar-refractivity contribution in [2.45, 2.75) is 18.6 Å². The van der Waals surface area contributed by atoms with Gasteiger partial charge in [0.1, 0.15) is 0 Å². The summed E-state index contributed by atoms with van der Waals surface area (Å²) in [7, 11) is 1.51. The van der Waals surface area contributed by atoms with Gasteiger partial charge >= 0.3 is 0 Å². The van der Waals surface area contributed by atoms with Crippen molar-refractivity contribution in [2.75, 3.05) is 19.3 Å². The molecule has 0 unspecified atom stereocenters. The normalized spacial score (nSPS) is 10.9. The van der Waals surface area contributed by atoms with Gasteiger partial charge in [-0.1, -0.05) is 36.0 Å². The van der Waals surface area contributed by atoms with E-state index >= 15 is 0 Å². The van der Waals surface area contributed by atoms with Crippen LogP contribution in [0.3, 0.4) is 0 Å². The molecule has 27 heavy (non-hydrogen) atoms. The maximum atomic E-state index is 12.9. The monoisotopic (exact) mass is 384 g/mol. The number of nitrogens with one attached hydrogen (secondary N) is 2. The predicted molar refractivity (Wildman–Crippen MR) is 107 cm³/mol. The number of rotatable bonds is 6. The van der Waals surface area contributed by atoms with Crippen LogP contribution in [0.15, 0.2) is 46.3 Å². The summed E-state index contributed by atoms with van der Waals surface area (Å²) in [5, 5.41) is 8.00. The first kappa shape index (κ1) is 18.9. The van der Waals surface area contributed by atoms with Crippen LogP contribution in [0.25, 0.3) is 21.7 Å². The highest BCUT2D eigenvalue weighted by molar-refractivity contribution is 7.99. The van der Waals surface area contributed by atoms with Crippen LogP contribution in [-0.4, -0.2) is 40.7 Å². The van der Waals surface area contributed by atoms with Crippen molar-refractivity contribution >= 4 is 45.3 Å². The van der Waals surface area contributed by atoms with Crippen LogP contribution in [0.4, 0.5) is 0 Å². The van der Waals surface area contributed by atoms with Crippen LogP contribution < -0.4 is 16.2 Å². The van der Waals surface area contributed by atoms with Gasteiger partial charge in [0.25, 0.3) is 5.56 Å². The van der Waals surface area contributed by atoms with Gasteiger partial charge in [-0.3, -0.25) is 19.0 Å². The molecule has 0 radical (unpaired) electrons. The molecule has 0 atom stereocenters. The number of carbonyl (C=O) groups is 2. The standard InChI is InChI=1S/C19H20N4O3S/c1-3-23-18(26)14-8-12-6-4-5-7-13(12)9-15(14)22-19(23)27-11-17(25)21-10-16(24)20-2/h4-9H,3,10-11H2,1-2H3,(H,20,24)(H,21,25). The molecule has 140 valence electrons. The van der Waals surface area contributed by atoms with E-state index in [-0.39, 0.29) is 29.7 Å². The number of fused-ring (bicyclic) bond motifs is 2. The van der Waals surface area contributed by atoms with Crippen LogP contribution in [0.5, 0.6) is 0 Å². The van der Waals surface area contributed by atoms with Crippen molar-refractivity contribution in [1.29, 1.82) is 0 Å². The first-order valence-corrected chi connectivity index (χ1v) is 9.55. The third-order valence-corrected chi connectivity index (χ3v) is 5.14. The number of amides is 2. The second-order valence-corrected chi connectivity index (χ2v) is 6.84. The maximum Gasteiger partial charge on any atom is 0.262 e. The SMILES string of the molecule is CCn1c(SCC(=O)NCC(=O)NC)nc2cc3ccccc3cc2c1=O. The average Bonchev–Trinajstić information content (AvgIpc) is 2.69. The number of aromatic nitrogens is 2. The quantitative estimate of drug-likeness (QED) is 0.382. The Bertz CT molecular complexity index is 1080. The summed E-state index contributed by atoms with van der Waals surface area (Å²) in [6.07, 6.45) is 0. The lowest BCUT2D eigenvalue weighted by Gasteiger charge is -2.12. The van der Waals surface area contributed by atoms with Gasteiger partial charge in [0.15, 0.2) is 5.16 Å². The molecule has 3 aromatic rings. The third-order valence-electron chi connectivity index (χ3n) is 4.16. The fourth-order valence-electron chi connectivity index (χ4n) is 2.73. The summed E-state index contributed by atoms with van der Waals surface area (Å²) in [5.74, 6) is -0.490. The molecule has 0 saturated carbocycles. The highest BCUT2D eigenvalue weighted by Crippen LogP contribution is 2.22. The smallest absolute Gasteiger partial charge is 0.262 e. The Hall–Kier alpha value is -2.87. The molecule has 8 heteroatoms. The van der Waals surface area contributed by atoms with Gasteiger partial charge in [-0.15, -0.1) is 0 Å². The van der Waals surface area contributed by atoms with Crippen LogP contribution >= 0.6 is 11.8 Å². The van der Waals surface area contributed by atoms with E-state index in [4.69, 9.17) is 0 Å². The predicted octanol–water partition coefficient (Wildman–Crippen LogP) is 1.52. The van der Waals surface area contributed by atoms with E-state index in [2.05, 4.69) is 15.6 Å². The summed E-state index contributed by atoms with van der Waals surface area (Å²) >= 11 is 1.18. The molecule has 0 bridgehead atoms. The van der Waals surface area contributed by atoms with E-state index in [1.54, 1.807) is 4.57 Å². The van der Waals surface area contributed by atoms with Crippen molar-refractivity contribution in [2.24, 2.45) is 0 Å². The van der Waals surface area contributed by atoms with Crippen LogP contribution in [0.1, 0.15) is 6.92 Å². The zero-order chi connectivity index (χ0) is 19.4. The van der Waals surface area contributed by atoms with Crippen molar-refractivity contribution in [1.82, 2.24) is 20.2 Å². The number of likely N-dealkylation sites (N-methyl/N-ethyl adjacent to an activating group) is 1. The molecule has 2 aromatic carbocycles. The highest BCUT2D eigenvalue weighted by Gasteiger charge is 2.13. The van der Waals surface area contributed by atoms with Gasteiger partial charge in [0.05, 0.1) is 23.2 Å². The summed E-state index contributed by atoms with van der Waals surface area (Å²) in [5.41, 5.74) is 0.484. The van der Waals surface area contributed by atoms with E-state index < -0.39 is 0 Å². The van der Waals surface area contributed by atoms with E-state index in [9.17, 15) is 14.4 Å². The van der Waals surface area contributed by atoms with Crippen LogP contribution in [0.2, 0.25) is 0 Å². The minimum Gasteiger partial charge on any atom is -0.358 e. The largest absolute Gasteiger partial charge is 0.358 e. The van der Waals surface area contributed by atoms with Gasteiger partial charge in [-0.05, 0) is 29.8 Å². The summed E-state index contributed by atoms with van der Waals surface area (Å²) in [6, 6.07) is 11.6. The van der Waals surface area contributed by atoms with Crippen LogP contribution in [0, 0.1) is 0 Å². The highest BCUT2D eigenvalue weighted by atomic mass is 32.2. The molecule has 0 saturated heterocycles. The van der Waals surface area contributed by atoms with Gasteiger partial charge in [-0.2, -0.15) is 0 Å². The van der Waals surface area contributed by atoms with Gasteiger partial charge in [-0.25, -0.2) is 4.98 Å². The Morgan fingerprint density at radius 3 is 2.52 bits per heavy atom. The Morgan fingerprint density at radius 2 is 1.85 bits per heavy atom. The molecule has 0 aliphatic carbocycles. The molecule has 1 heterocycles. The lowest BCUT2D eigenvalue weighted by Crippen LogP contribution is -2.36. The molecule has 0 aliphatic heterocycles. The summed E-state index contributed by atoms with van der Waals surface area (Å²) in [6.45, 7) is 2.25. The maximum absolute atomic E-state index is 12.9. The van der Waals surface area contributed by atoms with Crippen LogP contribution in [-0.2, 0) is 16.1 Å². The molecular weight excluding hydrogens is 364 g/mol. The minimum absolute atomic E-state index is 0.0719. The molecular formula is C19H20N4O3S. The third kappa shape index (κ3) is 4.11. The lowest BCUT2D eigenvalue weighted by atomic mass is 10.1. The Kier molecular flexibility index (Phi) is 5.75. The average molecular weight is 384 g/mol. The van der Waals surface area contributed by atoms with E-state index in [1.807, 2.05) is 43.3 Å². The van der Waals surface area contributed by atoms with Gasteiger partial charge < -0.3 is 10.6 Å². The number of thioether (sulfide) groups is 1. The molecule has 0 spiro atoms. The first-order valence-electron chi connectivity index (χ1n) is 8.57. The molecule has 2 amide bonds. The van der Waals surface area contributed by atoms with E-state index in [1.165, 1.54) is 18.8 Å². The van der Waals surface area contributed by atoms with Crippen molar-refractivity contribution in [3.05, 3.63) is 46.8 Å². The fraction of sp³-hybridized carbons (Fsp3) is 0.263. The zero-order valence-electron chi connectivity index (χ0n) is 15.1. The lowest BCUT2D eigenvalue weighted by molar-refractivity contribution is -0.124. The number of hydrogen-bond acceptors (Lipinski definition) is 5. The summed E-state index contributed by atoms with van der Waals surface area (Å²) < 4.78 is 1.56. The Balaban J connectivity index is 1.90. The second-order valence-electron chi connectivity index (χ2n) is 5.90. The molecule has 7 nitrogen and oxygen atoms in total. The fourth-order valence-corrected chi connectivity index (χ4v) is 3.62. The minimum atomic E-state index is -0.292. The van der Waals surface area contributed by atoms with Crippen molar-refractivity contribution in [3.8, 4) is 0 Å². The molecule has 1 aromatic heterocycles. The van der Waals surface area contributed by atoms with Crippen molar-refractivity contribution < 1.29 is 9.59 Å². The topological polar surface area (TPSA) is 93.1 Å². The van der Waals surface area contributed by atoms with Gasteiger partial charge in [0, 0.05) is 13.6 Å². The Morgan fingerprint density at radius 1 is 1.15 bits per heavy atom.